The van der Waals surface area contributed by atoms with Gasteiger partial charge in [0.1, 0.15) is 11.2 Å². The summed E-state index contributed by atoms with van der Waals surface area (Å²) in [7, 11) is 0. The summed E-state index contributed by atoms with van der Waals surface area (Å²) in [5.74, 6) is -0.240. The quantitative estimate of drug-likeness (QED) is 0.759. The summed E-state index contributed by atoms with van der Waals surface area (Å²) in [5, 5.41) is 2.61. The normalized spacial score (nSPS) is 17.1. The van der Waals surface area contributed by atoms with Gasteiger partial charge in [-0.3, -0.25) is 14.5 Å². The van der Waals surface area contributed by atoms with Gasteiger partial charge < -0.3 is 5.32 Å². The number of rotatable bonds is 4. The van der Waals surface area contributed by atoms with Crippen LogP contribution < -0.4 is 10.2 Å². The number of hydrogen-bond acceptors (Lipinski definition) is 3. The van der Waals surface area contributed by atoms with E-state index < -0.39 is 5.82 Å². The number of anilines is 2. The van der Waals surface area contributed by atoms with Crippen LogP contribution in [0.4, 0.5) is 15.8 Å². The molecule has 0 aromatic heterocycles. The third kappa shape index (κ3) is 4.73. The maximum Gasteiger partial charge on any atom is 0.238 e. The van der Waals surface area contributed by atoms with Gasteiger partial charge in [-0.05, 0) is 47.7 Å². The molecule has 0 aliphatic carbocycles. The maximum absolute atomic E-state index is 14.4. The lowest BCUT2D eigenvalue weighted by Gasteiger charge is -2.25. The van der Waals surface area contributed by atoms with Crippen molar-refractivity contribution in [2.24, 2.45) is 5.41 Å². The lowest BCUT2D eigenvalue weighted by molar-refractivity contribution is -0.118. The molecule has 2 aromatic carbocycles. The standard InChI is InChI=1S/C22H25FN2O2S/c1-14-5-10-17(23)18(11-14)25-20(27)13-28-21(25)15-6-8-16(9-7-15)24-19(26)12-22(2,3)4/h5-11,21H,12-13H2,1-4H3,(H,24,26)/t21-/m1/s1. The number of nitrogens with zero attached hydrogens (tertiary/aromatic N) is 1. The van der Waals surface area contributed by atoms with E-state index in [1.54, 1.807) is 12.1 Å². The second kappa shape index (κ2) is 7.95. The number of aryl methyl sites for hydroxylation is 1. The Balaban J connectivity index is 1.80. The fraction of sp³-hybridized carbons (Fsp3) is 0.364. The largest absolute Gasteiger partial charge is 0.326 e. The molecular weight excluding hydrogens is 375 g/mol. The molecule has 0 radical (unpaired) electrons. The summed E-state index contributed by atoms with van der Waals surface area (Å²) in [4.78, 5) is 26.1. The Hall–Kier alpha value is -2.34. The Morgan fingerprint density at radius 3 is 2.54 bits per heavy atom. The van der Waals surface area contributed by atoms with Gasteiger partial charge in [0.25, 0.3) is 0 Å². The Morgan fingerprint density at radius 1 is 1.21 bits per heavy atom. The fourth-order valence-electron chi connectivity index (χ4n) is 3.16. The van der Waals surface area contributed by atoms with Crippen molar-refractivity contribution < 1.29 is 14.0 Å². The van der Waals surface area contributed by atoms with E-state index >= 15 is 0 Å². The van der Waals surface area contributed by atoms with Gasteiger partial charge in [-0.1, -0.05) is 39.0 Å². The average Bonchev–Trinajstić information content (AvgIpc) is 2.97. The van der Waals surface area contributed by atoms with Gasteiger partial charge in [-0.25, -0.2) is 4.39 Å². The fourth-order valence-corrected chi connectivity index (χ4v) is 4.33. The van der Waals surface area contributed by atoms with Crippen LogP contribution in [-0.2, 0) is 9.59 Å². The van der Waals surface area contributed by atoms with E-state index in [9.17, 15) is 14.0 Å². The van der Waals surface area contributed by atoms with Gasteiger partial charge in [-0.2, -0.15) is 0 Å². The van der Waals surface area contributed by atoms with Crippen LogP contribution >= 0.6 is 11.8 Å². The van der Waals surface area contributed by atoms with Crippen molar-refractivity contribution in [3.63, 3.8) is 0 Å². The molecule has 1 fully saturated rings. The van der Waals surface area contributed by atoms with Crippen molar-refractivity contribution in [2.75, 3.05) is 16.0 Å². The number of carbonyl (C=O) groups is 2. The topological polar surface area (TPSA) is 49.4 Å². The van der Waals surface area contributed by atoms with Gasteiger partial charge in [0.15, 0.2) is 0 Å². The first-order valence-corrected chi connectivity index (χ1v) is 10.3. The first-order chi connectivity index (χ1) is 13.1. The van der Waals surface area contributed by atoms with E-state index in [2.05, 4.69) is 5.32 Å². The van der Waals surface area contributed by atoms with Crippen LogP contribution in [0.25, 0.3) is 0 Å². The molecule has 0 spiro atoms. The summed E-state index contributed by atoms with van der Waals surface area (Å²) in [6.07, 6.45) is 0.433. The maximum atomic E-state index is 14.4. The summed E-state index contributed by atoms with van der Waals surface area (Å²) in [5.41, 5.74) is 2.73. The Morgan fingerprint density at radius 2 is 1.89 bits per heavy atom. The second-order valence-corrected chi connectivity index (χ2v) is 9.36. The number of benzene rings is 2. The number of nitrogens with one attached hydrogen (secondary N) is 1. The average molecular weight is 401 g/mol. The van der Waals surface area contributed by atoms with Gasteiger partial charge in [0.2, 0.25) is 11.8 Å². The van der Waals surface area contributed by atoms with Gasteiger partial charge in [-0.15, -0.1) is 11.8 Å². The Bertz CT molecular complexity index is 890. The molecule has 1 aliphatic heterocycles. The van der Waals surface area contributed by atoms with Crippen LogP contribution in [0.1, 0.15) is 43.7 Å². The van der Waals surface area contributed by atoms with Gasteiger partial charge in [0, 0.05) is 12.1 Å². The van der Waals surface area contributed by atoms with Crippen molar-refractivity contribution >= 4 is 35.0 Å². The SMILES string of the molecule is Cc1ccc(F)c(N2C(=O)CS[C@@H]2c2ccc(NC(=O)CC(C)(C)C)cc2)c1. The Labute approximate surface area is 169 Å². The smallest absolute Gasteiger partial charge is 0.238 e. The summed E-state index contributed by atoms with van der Waals surface area (Å²) in [6.45, 7) is 7.93. The Kier molecular flexibility index (Phi) is 5.79. The third-order valence-electron chi connectivity index (χ3n) is 4.40. The zero-order chi connectivity index (χ0) is 20.5. The monoisotopic (exact) mass is 400 g/mol. The molecule has 3 rings (SSSR count). The highest BCUT2D eigenvalue weighted by atomic mass is 32.2. The van der Waals surface area contributed by atoms with Gasteiger partial charge in [0.05, 0.1) is 11.4 Å². The van der Waals surface area contributed by atoms with Crippen molar-refractivity contribution in [2.45, 2.75) is 39.5 Å². The zero-order valence-electron chi connectivity index (χ0n) is 16.6. The van der Waals surface area contributed by atoms with E-state index in [-0.39, 0.29) is 22.6 Å². The number of hydrogen-bond donors (Lipinski definition) is 1. The molecule has 1 N–H and O–H groups in total. The van der Waals surface area contributed by atoms with Crippen LogP contribution in [0.3, 0.4) is 0 Å². The first kappa shape index (κ1) is 20.4. The van der Waals surface area contributed by atoms with Gasteiger partial charge >= 0.3 is 0 Å². The van der Waals surface area contributed by atoms with Crippen LogP contribution in [0.15, 0.2) is 42.5 Å². The molecule has 0 unspecified atom stereocenters. The predicted octanol–water partition coefficient (Wildman–Crippen LogP) is 5.29. The third-order valence-corrected chi connectivity index (χ3v) is 5.61. The van der Waals surface area contributed by atoms with E-state index in [1.807, 2.05) is 52.0 Å². The minimum absolute atomic E-state index is 0.0332. The highest BCUT2D eigenvalue weighted by molar-refractivity contribution is 8.00. The van der Waals surface area contributed by atoms with E-state index in [0.717, 1.165) is 11.1 Å². The van der Waals surface area contributed by atoms with Crippen LogP contribution in [0.5, 0.6) is 0 Å². The van der Waals surface area contributed by atoms with Crippen LogP contribution in [0, 0.1) is 18.2 Å². The molecule has 4 nitrogen and oxygen atoms in total. The van der Waals surface area contributed by atoms with Crippen molar-refractivity contribution in [1.82, 2.24) is 0 Å². The number of halogens is 1. The second-order valence-electron chi connectivity index (χ2n) is 8.29. The molecule has 1 heterocycles. The molecule has 2 amide bonds. The van der Waals surface area contributed by atoms with E-state index in [4.69, 9.17) is 0 Å². The van der Waals surface area contributed by atoms with Crippen LogP contribution in [0.2, 0.25) is 0 Å². The summed E-state index contributed by atoms with van der Waals surface area (Å²) < 4.78 is 14.4. The minimum atomic E-state index is -0.405. The van der Waals surface area contributed by atoms with E-state index in [1.165, 1.54) is 22.7 Å². The number of amides is 2. The summed E-state index contributed by atoms with van der Waals surface area (Å²) in [6, 6.07) is 12.2. The molecule has 2 aromatic rings. The molecule has 28 heavy (non-hydrogen) atoms. The number of thioether (sulfide) groups is 1. The molecular formula is C22H25FN2O2S. The molecule has 0 bridgehead atoms. The highest BCUT2D eigenvalue weighted by Gasteiger charge is 2.35. The lowest BCUT2D eigenvalue weighted by Crippen LogP contribution is -2.28. The zero-order valence-corrected chi connectivity index (χ0v) is 17.4. The summed E-state index contributed by atoms with van der Waals surface area (Å²) >= 11 is 1.47. The molecule has 1 saturated heterocycles. The van der Waals surface area contributed by atoms with Crippen molar-refractivity contribution in [3.05, 3.63) is 59.4 Å². The van der Waals surface area contributed by atoms with Crippen molar-refractivity contribution in [1.29, 1.82) is 0 Å². The first-order valence-electron chi connectivity index (χ1n) is 9.24. The highest BCUT2D eigenvalue weighted by Crippen LogP contribution is 2.43. The molecule has 1 aliphatic rings. The van der Waals surface area contributed by atoms with Crippen LogP contribution in [-0.4, -0.2) is 17.6 Å². The van der Waals surface area contributed by atoms with E-state index in [0.29, 0.717) is 23.5 Å². The number of carbonyl (C=O) groups excluding carboxylic acids is 2. The molecule has 6 heteroatoms. The molecule has 148 valence electrons. The van der Waals surface area contributed by atoms with Crippen molar-refractivity contribution in [3.8, 4) is 0 Å². The molecule has 1 atom stereocenters. The lowest BCUT2D eigenvalue weighted by atomic mass is 9.92. The predicted molar refractivity (Wildman–Crippen MR) is 113 cm³/mol. The minimum Gasteiger partial charge on any atom is -0.326 e. The molecule has 0 saturated carbocycles.